The van der Waals surface area contributed by atoms with Crippen LogP contribution in [-0.2, 0) is 7.05 Å². The molecule has 0 saturated heterocycles. The smallest absolute Gasteiger partial charge is 0.0955 e. The van der Waals surface area contributed by atoms with Crippen molar-refractivity contribution in [1.82, 2.24) is 32.4 Å². The number of rotatable bonds is 5. The van der Waals surface area contributed by atoms with Crippen LogP contribution in [0, 0.1) is 41.5 Å². The van der Waals surface area contributed by atoms with E-state index in [-0.39, 0.29) is 0 Å². The van der Waals surface area contributed by atoms with Crippen molar-refractivity contribution in [2.24, 2.45) is 7.05 Å². The lowest BCUT2D eigenvalue weighted by atomic mass is 10.1. The average molecular weight is 1530 g/mol. The second-order valence-electron chi connectivity index (χ2n) is 31.0. The minimum absolute atomic E-state index is 1.08. The molecule has 0 saturated carbocycles. The number of para-hydroxylation sites is 9. The molecule has 0 unspecified atom stereocenters. The van der Waals surface area contributed by atoms with E-state index in [2.05, 4.69) is 476 Å². The first kappa shape index (κ1) is 74.1. The Bertz CT molecular complexity index is 7850. The van der Waals surface area contributed by atoms with Crippen molar-refractivity contribution in [3.63, 3.8) is 0 Å². The average Bonchev–Trinajstić information content (AvgIpc) is 1.67. The van der Waals surface area contributed by atoms with Crippen molar-refractivity contribution in [3.8, 4) is 28.4 Å². The lowest BCUT2D eigenvalue weighted by molar-refractivity contribution is 0.947. The fraction of sp³-hybridized carbons (Fsp3) is 0.0625. The van der Waals surface area contributed by atoms with Gasteiger partial charge in [-0.25, -0.2) is 4.98 Å². The van der Waals surface area contributed by atoms with E-state index in [1.165, 1.54) is 198 Å². The standard InChI is InChI=1S/2C23H17N.3C19H15N.C9H10N2/c1-16-8-6-15-22-23(16)19-12-4-5-13-21(19)24(22)20-14-7-10-17-9-2-3-11-18(17)20;1-16-7-6-12-22-23(16)20-10-4-5-11-21(20)24(22)19-14-13-17-8-2-3-9-18(17)15-19;1-14-8-7-12-17-16-11-5-6-13-18(16)20(19(14)17)15-9-3-2-4-10-15;1-14-8-7-13-18-19(14)16-11-5-6-12-17(16)20(18)15-9-3-2-4-10-15;1-14-11-12-19-17(13-14)16-9-5-6-10-18(16)20(19)15-7-3-2-4-8-15;1-7-3-4-9-8(5-7)10-6-11(9)2/h2*2-15H,1H3;3*2-13H,1H3;3-6H,1-2H3. The Balaban J connectivity index is 0.0000000957. The van der Waals surface area contributed by atoms with E-state index in [0.29, 0.717) is 0 Å². The Morgan fingerprint density at radius 1 is 0.202 bits per heavy atom. The van der Waals surface area contributed by atoms with Gasteiger partial charge in [-0.2, -0.15) is 0 Å². The molecular formula is C112H89N7. The quantitative estimate of drug-likeness (QED) is 0.169. The molecule has 6 aromatic heterocycles. The van der Waals surface area contributed by atoms with Crippen molar-refractivity contribution in [1.29, 1.82) is 0 Å². The van der Waals surface area contributed by atoms with Crippen LogP contribution in [0.2, 0.25) is 0 Å². The van der Waals surface area contributed by atoms with Gasteiger partial charge in [-0.1, -0.05) is 285 Å². The van der Waals surface area contributed by atoms with Gasteiger partial charge >= 0.3 is 0 Å². The monoisotopic (exact) mass is 1530 g/mol. The van der Waals surface area contributed by atoms with Gasteiger partial charge in [0.05, 0.1) is 78.2 Å². The molecule has 0 bridgehead atoms. The normalized spacial score (nSPS) is 11.3. The topological polar surface area (TPSA) is 42.5 Å². The van der Waals surface area contributed by atoms with Crippen LogP contribution >= 0.6 is 0 Å². The number of nitrogens with zero attached hydrogens (tertiary/aromatic N) is 7. The fourth-order valence-corrected chi connectivity index (χ4v) is 17.9. The second-order valence-corrected chi connectivity index (χ2v) is 31.0. The van der Waals surface area contributed by atoms with E-state index in [1.807, 2.05) is 17.9 Å². The van der Waals surface area contributed by atoms with Crippen molar-refractivity contribution >= 4 is 142 Å². The maximum atomic E-state index is 4.24. The summed E-state index contributed by atoms with van der Waals surface area (Å²) >= 11 is 0. The number of benzene rings is 18. The number of aryl methyl sites for hydroxylation is 7. The van der Waals surface area contributed by atoms with E-state index in [0.717, 1.165) is 5.52 Å². The molecule has 7 nitrogen and oxygen atoms in total. The maximum absolute atomic E-state index is 4.24. The van der Waals surface area contributed by atoms with Crippen LogP contribution in [0.3, 0.4) is 0 Å². The largest absolute Gasteiger partial charge is 0.334 e. The number of hydrogen-bond acceptors (Lipinski definition) is 1. The Kier molecular flexibility index (Phi) is 19.9. The van der Waals surface area contributed by atoms with Crippen molar-refractivity contribution < 1.29 is 0 Å². The summed E-state index contributed by atoms with van der Waals surface area (Å²) in [6.07, 6.45) is 1.84. The van der Waals surface area contributed by atoms with Crippen LogP contribution in [0.15, 0.2) is 413 Å². The minimum atomic E-state index is 1.08. The first-order valence-electron chi connectivity index (χ1n) is 41.0. The van der Waals surface area contributed by atoms with Gasteiger partial charge in [0, 0.05) is 89.0 Å². The molecule has 0 aliphatic rings. The fourth-order valence-electron chi connectivity index (χ4n) is 17.9. The Morgan fingerprint density at radius 2 is 0.555 bits per heavy atom. The third-order valence-electron chi connectivity index (χ3n) is 23.4. The summed E-state index contributed by atoms with van der Waals surface area (Å²) in [4.78, 5) is 4.24. The zero-order valence-corrected chi connectivity index (χ0v) is 67.9. The number of fused-ring (bicyclic) bond motifs is 18. The third kappa shape index (κ3) is 13.8. The minimum Gasteiger partial charge on any atom is -0.334 e. The molecule has 572 valence electrons. The lowest BCUT2D eigenvalue weighted by Gasteiger charge is -2.11. The van der Waals surface area contributed by atoms with Crippen LogP contribution in [0.1, 0.15) is 33.4 Å². The molecular weight excluding hydrogens is 1440 g/mol. The van der Waals surface area contributed by atoms with Gasteiger partial charge < -0.3 is 27.4 Å². The highest BCUT2D eigenvalue weighted by Crippen LogP contribution is 2.41. The number of hydrogen-bond donors (Lipinski definition) is 0. The summed E-state index contributed by atoms with van der Waals surface area (Å²) in [5.41, 5.74) is 28.9. The van der Waals surface area contributed by atoms with Crippen molar-refractivity contribution in [3.05, 3.63) is 446 Å². The molecule has 0 aliphatic heterocycles. The molecule has 24 rings (SSSR count). The van der Waals surface area contributed by atoms with E-state index in [1.54, 1.807) is 0 Å². The van der Waals surface area contributed by atoms with E-state index in [9.17, 15) is 0 Å². The number of aromatic nitrogens is 7. The molecule has 6 heterocycles. The van der Waals surface area contributed by atoms with Crippen LogP contribution in [0.5, 0.6) is 0 Å². The Morgan fingerprint density at radius 3 is 1.11 bits per heavy atom. The van der Waals surface area contributed by atoms with Crippen LogP contribution in [0.4, 0.5) is 0 Å². The Hall–Kier alpha value is -15.1. The predicted octanol–water partition coefficient (Wildman–Crippen LogP) is 29.6. The summed E-state index contributed by atoms with van der Waals surface area (Å²) in [5, 5.41) is 18.4. The summed E-state index contributed by atoms with van der Waals surface area (Å²) in [5.74, 6) is 0. The zero-order valence-electron chi connectivity index (χ0n) is 67.9. The summed E-state index contributed by atoms with van der Waals surface area (Å²) in [7, 11) is 2.00. The maximum Gasteiger partial charge on any atom is 0.0955 e. The highest BCUT2D eigenvalue weighted by atomic mass is 15.0. The third-order valence-corrected chi connectivity index (χ3v) is 23.4. The van der Waals surface area contributed by atoms with Gasteiger partial charge in [0.2, 0.25) is 0 Å². The van der Waals surface area contributed by atoms with Gasteiger partial charge in [0.15, 0.2) is 0 Å². The van der Waals surface area contributed by atoms with E-state index < -0.39 is 0 Å². The number of imidazole rings is 1. The molecule has 0 atom stereocenters. The highest BCUT2D eigenvalue weighted by Gasteiger charge is 2.20. The van der Waals surface area contributed by atoms with Gasteiger partial charge in [-0.15, -0.1) is 0 Å². The first-order chi connectivity index (χ1) is 58.5. The van der Waals surface area contributed by atoms with Gasteiger partial charge in [-0.05, 0) is 213 Å². The molecule has 0 N–H and O–H groups in total. The SMILES string of the molecule is Cc1ccc2c(c1)c1ccccc1n2-c1ccccc1.Cc1ccc2c(c1)ncn2C.Cc1cccc2c1c1ccccc1n2-c1ccc2ccccc2c1.Cc1cccc2c1c1ccccc1n2-c1cccc2ccccc12.Cc1cccc2c1c1ccccc1n2-c1ccccc1.Cc1cccc2c3ccccc3n(-c3ccccc3)c12. The highest BCUT2D eigenvalue weighted by molar-refractivity contribution is 6.15. The molecule has 119 heavy (non-hydrogen) atoms. The molecule has 0 amide bonds. The predicted molar refractivity (Wildman–Crippen MR) is 508 cm³/mol. The second kappa shape index (κ2) is 32.0. The summed E-state index contributed by atoms with van der Waals surface area (Å²) < 4.78 is 13.8. The van der Waals surface area contributed by atoms with Gasteiger partial charge in [-0.3, -0.25) is 0 Å². The first-order valence-corrected chi connectivity index (χ1v) is 41.0. The molecule has 18 aromatic carbocycles. The zero-order chi connectivity index (χ0) is 80.6. The van der Waals surface area contributed by atoms with Crippen molar-refractivity contribution in [2.75, 3.05) is 0 Å². The Labute approximate surface area is 692 Å². The van der Waals surface area contributed by atoms with Gasteiger partial charge in [0.25, 0.3) is 0 Å². The van der Waals surface area contributed by atoms with Crippen LogP contribution in [0.25, 0.3) is 170 Å². The summed E-state index contributed by atoms with van der Waals surface area (Å²) in [6, 6.07) is 144. The molecule has 0 fully saturated rings. The molecule has 0 spiro atoms. The van der Waals surface area contributed by atoms with E-state index >= 15 is 0 Å². The van der Waals surface area contributed by atoms with E-state index in [4.69, 9.17) is 0 Å². The molecule has 0 aliphatic carbocycles. The molecule has 0 radical (unpaired) electrons. The molecule has 24 aromatic rings. The molecule has 7 heteroatoms. The van der Waals surface area contributed by atoms with Crippen LogP contribution < -0.4 is 0 Å². The summed E-state index contributed by atoms with van der Waals surface area (Å²) in [6.45, 7) is 13.0. The van der Waals surface area contributed by atoms with Gasteiger partial charge in [0.1, 0.15) is 0 Å². The lowest BCUT2D eigenvalue weighted by Crippen LogP contribution is -1.95. The van der Waals surface area contributed by atoms with Crippen molar-refractivity contribution in [2.45, 2.75) is 41.5 Å². The van der Waals surface area contributed by atoms with Crippen LogP contribution in [-0.4, -0.2) is 32.4 Å².